The SMILES string of the molecule is Cc1ccc(NC(=O)Cc2csc(-c3ccccc3Cl)n2)c(F)c1. The van der Waals surface area contributed by atoms with Gasteiger partial charge >= 0.3 is 0 Å². The van der Waals surface area contributed by atoms with Crippen LogP contribution in [0.3, 0.4) is 0 Å². The Balaban J connectivity index is 1.70. The third-order valence-electron chi connectivity index (χ3n) is 3.40. The van der Waals surface area contributed by atoms with Gasteiger partial charge in [0.2, 0.25) is 5.91 Å². The molecule has 2 aromatic carbocycles. The predicted octanol–water partition coefficient (Wildman–Crippen LogP) is 5.09. The highest BCUT2D eigenvalue weighted by Gasteiger charge is 2.12. The number of rotatable bonds is 4. The van der Waals surface area contributed by atoms with E-state index < -0.39 is 5.82 Å². The van der Waals surface area contributed by atoms with Crippen LogP contribution in [0.5, 0.6) is 0 Å². The Bertz CT molecular complexity index is 894. The lowest BCUT2D eigenvalue weighted by Crippen LogP contribution is -2.15. The molecule has 0 unspecified atom stereocenters. The Hall–Kier alpha value is -2.24. The van der Waals surface area contributed by atoms with Crippen molar-refractivity contribution < 1.29 is 9.18 Å². The maximum absolute atomic E-state index is 13.8. The lowest BCUT2D eigenvalue weighted by Gasteiger charge is -2.06. The summed E-state index contributed by atoms with van der Waals surface area (Å²) in [6.07, 6.45) is 0.0776. The minimum absolute atomic E-state index is 0.0776. The maximum atomic E-state index is 13.8. The van der Waals surface area contributed by atoms with Gasteiger partial charge in [0.1, 0.15) is 10.8 Å². The highest BCUT2D eigenvalue weighted by atomic mass is 35.5. The number of amides is 1. The van der Waals surface area contributed by atoms with E-state index in [0.717, 1.165) is 16.1 Å². The molecule has 3 rings (SSSR count). The van der Waals surface area contributed by atoms with E-state index in [-0.39, 0.29) is 18.0 Å². The van der Waals surface area contributed by atoms with E-state index >= 15 is 0 Å². The molecule has 0 saturated carbocycles. The zero-order chi connectivity index (χ0) is 17.1. The molecule has 0 spiro atoms. The second-order valence-corrected chi connectivity index (χ2v) is 6.60. The minimum atomic E-state index is -0.446. The highest BCUT2D eigenvalue weighted by molar-refractivity contribution is 7.13. The molecule has 0 bridgehead atoms. The number of thiazole rings is 1. The zero-order valence-corrected chi connectivity index (χ0v) is 14.4. The number of nitrogens with zero attached hydrogens (tertiary/aromatic N) is 1. The topological polar surface area (TPSA) is 42.0 Å². The number of carbonyl (C=O) groups is 1. The van der Waals surface area contributed by atoms with Crippen molar-refractivity contribution in [2.24, 2.45) is 0 Å². The van der Waals surface area contributed by atoms with Crippen molar-refractivity contribution in [1.29, 1.82) is 0 Å². The summed E-state index contributed by atoms with van der Waals surface area (Å²) < 4.78 is 13.8. The van der Waals surface area contributed by atoms with E-state index in [1.807, 2.05) is 23.6 Å². The molecule has 3 aromatic rings. The molecule has 1 N–H and O–H groups in total. The summed E-state index contributed by atoms with van der Waals surface area (Å²) in [6, 6.07) is 12.1. The van der Waals surface area contributed by atoms with E-state index in [9.17, 15) is 9.18 Å². The number of carbonyl (C=O) groups excluding carboxylic acids is 1. The number of halogens is 2. The van der Waals surface area contributed by atoms with Crippen molar-refractivity contribution in [3.63, 3.8) is 0 Å². The third-order valence-corrected chi connectivity index (χ3v) is 4.65. The second-order valence-electron chi connectivity index (χ2n) is 5.33. The molecule has 3 nitrogen and oxygen atoms in total. The average Bonchev–Trinajstić information content (AvgIpc) is 2.99. The van der Waals surface area contributed by atoms with Crippen LogP contribution in [0.4, 0.5) is 10.1 Å². The van der Waals surface area contributed by atoms with Gasteiger partial charge in [-0.15, -0.1) is 11.3 Å². The molecule has 0 aliphatic rings. The van der Waals surface area contributed by atoms with Gasteiger partial charge in [0.15, 0.2) is 0 Å². The number of aromatic nitrogens is 1. The summed E-state index contributed by atoms with van der Waals surface area (Å²) in [6.45, 7) is 1.79. The standard InChI is InChI=1S/C18H14ClFN2OS/c1-11-6-7-16(15(20)8-11)22-17(23)9-12-10-24-18(21-12)13-4-2-3-5-14(13)19/h2-8,10H,9H2,1H3,(H,22,23). The Labute approximate surface area is 148 Å². The molecule has 0 atom stereocenters. The first-order chi connectivity index (χ1) is 11.5. The van der Waals surface area contributed by atoms with Gasteiger partial charge in [0, 0.05) is 10.9 Å². The molecule has 1 amide bonds. The first-order valence-corrected chi connectivity index (χ1v) is 8.54. The van der Waals surface area contributed by atoms with Gasteiger partial charge in [-0.25, -0.2) is 9.37 Å². The van der Waals surface area contributed by atoms with E-state index in [4.69, 9.17) is 11.6 Å². The summed E-state index contributed by atoms with van der Waals surface area (Å²) in [7, 11) is 0. The van der Waals surface area contributed by atoms with Crippen LogP contribution in [-0.4, -0.2) is 10.9 Å². The number of hydrogen-bond donors (Lipinski definition) is 1. The molecule has 0 radical (unpaired) electrons. The number of anilines is 1. The molecule has 24 heavy (non-hydrogen) atoms. The van der Waals surface area contributed by atoms with Crippen LogP contribution >= 0.6 is 22.9 Å². The summed E-state index contributed by atoms with van der Waals surface area (Å²) >= 11 is 7.58. The van der Waals surface area contributed by atoms with Crippen LogP contribution in [0.25, 0.3) is 10.6 Å². The molecule has 0 aliphatic carbocycles. The van der Waals surface area contributed by atoms with Crippen molar-refractivity contribution in [3.05, 3.63) is 69.9 Å². The van der Waals surface area contributed by atoms with Gasteiger partial charge in [-0.1, -0.05) is 35.9 Å². The molecule has 1 aromatic heterocycles. The van der Waals surface area contributed by atoms with Crippen LogP contribution in [0, 0.1) is 12.7 Å². The predicted molar refractivity (Wildman–Crippen MR) is 96.0 cm³/mol. The number of nitrogens with one attached hydrogen (secondary N) is 1. The lowest BCUT2D eigenvalue weighted by molar-refractivity contribution is -0.115. The Morgan fingerprint density at radius 2 is 2.08 bits per heavy atom. The molecule has 122 valence electrons. The molecule has 6 heteroatoms. The molecule has 0 fully saturated rings. The van der Waals surface area contributed by atoms with Gasteiger partial charge in [0.25, 0.3) is 0 Å². The lowest BCUT2D eigenvalue weighted by atomic mass is 10.2. The van der Waals surface area contributed by atoms with Crippen molar-refractivity contribution in [3.8, 4) is 10.6 Å². The summed E-state index contributed by atoms with van der Waals surface area (Å²) in [5, 5.41) is 5.75. The van der Waals surface area contributed by atoms with Crippen molar-refractivity contribution in [1.82, 2.24) is 4.98 Å². The zero-order valence-electron chi connectivity index (χ0n) is 12.8. The number of aryl methyl sites for hydroxylation is 1. The fourth-order valence-electron chi connectivity index (χ4n) is 2.23. The summed E-state index contributed by atoms with van der Waals surface area (Å²) in [4.78, 5) is 16.5. The fourth-order valence-corrected chi connectivity index (χ4v) is 3.37. The number of benzene rings is 2. The molecular weight excluding hydrogens is 347 g/mol. The smallest absolute Gasteiger partial charge is 0.230 e. The quantitative estimate of drug-likeness (QED) is 0.704. The Morgan fingerprint density at radius 1 is 1.29 bits per heavy atom. The second kappa shape index (κ2) is 7.11. The van der Waals surface area contributed by atoms with Crippen LogP contribution in [-0.2, 0) is 11.2 Å². The van der Waals surface area contributed by atoms with Crippen LogP contribution < -0.4 is 5.32 Å². The summed E-state index contributed by atoms with van der Waals surface area (Å²) in [5.41, 5.74) is 2.43. The van der Waals surface area contributed by atoms with Crippen LogP contribution in [0.15, 0.2) is 47.8 Å². The van der Waals surface area contributed by atoms with Gasteiger partial charge in [-0.05, 0) is 30.7 Å². The van der Waals surface area contributed by atoms with Gasteiger partial charge in [-0.3, -0.25) is 4.79 Å². The fraction of sp³-hybridized carbons (Fsp3) is 0.111. The van der Waals surface area contributed by atoms with Crippen molar-refractivity contribution in [2.75, 3.05) is 5.32 Å². The van der Waals surface area contributed by atoms with E-state index in [0.29, 0.717) is 10.7 Å². The Kier molecular flexibility index (Phi) is 4.92. The molecule has 0 aliphatic heterocycles. The molecule has 0 saturated heterocycles. The van der Waals surface area contributed by atoms with Crippen LogP contribution in [0.1, 0.15) is 11.3 Å². The number of hydrogen-bond acceptors (Lipinski definition) is 3. The minimum Gasteiger partial charge on any atom is -0.323 e. The molecule has 1 heterocycles. The Morgan fingerprint density at radius 3 is 2.83 bits per heavy atom. The van der Waals surface area contributed by atoms with Gasteiger partial charge in [-0.2, -0.15) is 0 Å². The largest absolute Gasteiger partial charge is 0.323 e. The highest BCUT2D eigenvalue weighted by Crippen LogP contribution is 2.30. The normalized spacial score (nSPS) is 10.6. The monoisotopic (exact) mass is 360 g/mol. The third kappa shape index (κ3) is 3.80. The van der Waals surface area contributed by atoms with Crippen molar-refractivity contribution >= 4 is 34.5 Å². The van der Waals surface area contributed by atoms with E-state index in [1.54, 1.807) is 25.1 Å². The first kappa shape index (κ1) is 16.6. The first-order valence-electron chi connectivity index (χ1n) is 7.28. The molecular formula is C18H14ClFN2OS. The van der Waals surface area contributed by atoms with Gasteiger partial charge < -0.3 is 5.32 Å². The van der Waals surface area contributed by atoms with Crippen molar-refractivity contribution in [2.45, 2.75) is 13.3 Å². The average molecular weight is 361 g/mol. The maximum Gasteiger partial charge on any atom is 0.230 e. The summed E-state index contributed by atoms with van der Waals surface area (Å²) in [5.74, 6) is -0.757. The van der Waals surface area contributed by atoms with E-state index in [2.05, 4.69) is 10.3 Å². The van der Waals surface area contributed by atoms with Gasteiger partial charge in [0.05, 0.1) is 22.8 Å². The van der Waals surface area contributed by atoms with E-state index in [1.165, 1.54) is 17.4 Å². The van der Waals surface area contributed by atoms with Crippen LogP contribution in [0.2, 0.25) is 5.02 Å².